The summed E-state index contributed by atoms with van der Waals surface area (Å²) < 4.78 is 4.64. The summed E-state index contributed by atoms with van der Waals surface area (Å²) in [5, 5.41) is 4.61. The number of esters is 1. The van der Waals surface area contributed by atoms with Gasteiger partial charge in [0.1, 0.15) is 0 Å². The van der Waals surface area contributed by atoms with Gasteiger partial charge in [0.25, 0.3) is 0 Å². The fourth-order valence-electron chi connectivity index (χ4n) is 1.71. The highest BCUT2D eigenvalue weighted by Gasteiger charge is 2.09. The smallest absolute Gasteiger partial charge is 0.310 e. The van der Waals surface area contributed by atoms with E-state index in [1.54, 1.807) is 12.1 Å². The highest BCUT2D eigenvalue weighted by atomic mass is 35.5. The van der Waals surface area contributed by atoms with Crippen molar-refractivity contribution >= 4 is 57.8 Å². The number of ether oxygens (including phenoxy) is 1. The van der Waals surface area contributed by atoms with Crippen LogP contribution in [0.3, 0.4) is 0 Å². The topological polar surface area (TPSA) is 38.3 Å². The minimum Gasteiger partial charge on any atom is -0.469 e. The first-order chi connectivity index (χ1) is 9.99. The van der Waals surface area contributed by atoms with Crippen LogP contribution in [-0.2, 0) is 22.5 Å². The summed E-state index contributed by atoms with van der Waals surface area (Å²) in [6.45, 7) is 0.562. The van der Waals surface area contributed by atoms with Crippen LogP contribution in [0.4, 0.5) is 5.69 Å². The van der Waals surface area contributed by atoms with E-state index in [-0.39, 0.29) is 12.4 Å². The lowest BCUT2D eigenvalue weighted by Gasteiger charge is -2.09. The summed E-state index contributed by atoms with van der Waals surface area (Å²) in [5.41, 5.74) is 0.644. The molecule has 0 aliphatic rings. The first-order valence-corrected chi connectivity index (χ1v) is 7.97. The summed E-state index contributed by atoms with van der Waals surface area (Å²) >= 11 is 19.6. The van der Waals surface area contributed by atoms with Crippen molar-refractivity contribution in [2.24, 2.45) is 0 Å². The van der Waals surface area contributed by atoms with Crippen molar-refractivity contribution in [3.8, 4) is 0 Å². The van der Waals surface area contributed by atoms with E-state index in [4.69, 9.17) is 34.8 Å². The zero-order valence-electron chi connectivity index (χ0n) is 11.1. The van der Waals surface area contributed by atoms with Crippen molar-refractivity contribution in [3.05, 3.63) is 49.1 Å². The van der Waals surface area contributed by atoms with E-state index in [9.17, 15) is 4.79 Å². The summed E-state index contributed by atoms with van der Waals surface area (Å²) in [7, 11) is 1.38. The van der Waals surface area contributed by atoms with E-state index in [2.05, 4.69) is 10.1 Å². The molecule has 2 aromatic rings. The minimum absolute atomic E-state index is 0.250. The summed E-state index contributed by atoms with van der Waals surface area (Å²) in [5.74, 6) is -0.250. The zero-order valence-corrected chi connectivity index (χ0v) is 14.2. The number of rotatable bonds is 5. The Bertz CT molecular complexity index is 634. The molecule has 112 valence electrons. The number of hydrogen-bond acceptors (Lipinski definition) is 4. The number of anilines is 1. The number of carbonyl (C=O) groups excluding carboxylic acids is 1. The van der Waals surface area contributed by atoms with Gasteiger partial charge in [0.05, 0.1) is 29.3 Å². The van der Waals surface area contributed by atoms with Crippen molar-refractivity contribution in [2.75, 3.05) is 12.4 Å². The van der Waals surface area contributed by atoms with E-state index in [0.29, 0.717) is 27.3 Å². The maximum absolute atomic E-state index is 11.2. The Labute approximate surface area is 141 Å². The Kier molecular flexibility index (Phi) is 5.76. The second-order valence-electron chi connectivity index (χ2n) is 4.22. The molecular weight excluding hydrogens is 353 g/mol. The Balaban J connectivity index is 2.02. The highest BCUT2D eigenvalue weighted by molar-refractivity contribution is 7.12. The van der Waals surface area contributed by atoms with Crippen molar-refractivity contribution in [1.82, 2.24) is 0 Å². The number of nitrogens with one attached hydrogen (secondary N) is 1. The number of thiophene rings is 1. The monoisotopic (exact) mass is 363 g/mol. The molecule has 0 atom stereocenters. The van der Waals surface area contributed by atoms with Crippen molar-refractivity contribution in [1.29, 1.82) is 0 Å². The Morgan fingerprint density at radius 1 is 1.19 bits per heavy atom. The summed E-state index contributed by atoms with van der Waals surface area (Å²) in [6, 6.07) is 7.13. The third-order valence-corrected chi connectivity index (χ3v) is 4.61. The van der Waals surface area contributed by atoms with E-state index >= 15 is 0 Å². The van der Waals surface area contributed by atoms with Gasteiger partial charge in [0.2, 0.25) is 0 Å². The molecule has 0 amide bonds. The van der Waals surface area contributed by atoms with Gasteiger partial charge in [-0.3, -0.25) is 4.79 Å². The quantitative estimate of drug-likeness (QED) is 0.756. The van der Waals surface area contributed by atoms with E-state index in [0.717, 1.165) is 9.75 Å². The van der Waals surface area contributed by atoms with Crippen LogP contribution in [0.2, 0.25) is 15.1 Å². The molecule has 0 spiro atoms. The fraction of sp³-hybridized carbons (Fsp3) is 0.214. The van der Waals surface area contributed by atoms with Crippen molar-refractivity contribution in [2.45, 2.75) is 13.0 Å². The highest BCUT2D eigenvalue weighted by Crippen LogP contribution is 2.34. The number of methoxy groups -OCH3 is 1. The predicted molar refractivity (Wildman–Crippen MR) is 88.8 cm³/mol. The van der Waals surface area contributed by atoms with Crippen LogP contribution in [0.5, 0.6) is 0 Å². The Morgan fingerprint density at radius 2 is 1.81 bits per heavy atom. The third-order valence-electron chi connectivity index (χ3n) is 2.71. The van der Waals surface area contributed by atoms with E-state index < -0.39 is 0 Å². The minimum atomic E-state index is -0.250. The van der Waals surface area contributed by atoms with Gasteiger partial charge in [-0.1, -0.05) is 34.8 Å². The third kappa shape index (κ3) is 4.51. The molecule has 0 radical (unpaired) electrons. The predicted octanol–water partition coefficient (Wildman–Crippen LogP) is 5.04. The first-order valence-electron chi connectivity index (χ1n) is 6.02. The van der Waals surface area contributed by atoms with Crippen molar-refractivity contribution in [3.63, 3.8) is 0 Å². The normalized spacial score (nSPS) is 10.5. The van der Waals surface area contributed by atoms with Gasteiger partial charge >= 0.3 is 5.97 Å². The lowest BCUT2D eigenvalue weighted by molar-refractivity contribution is -0.139. The molecule has 0 aliphatic heterocycles. The van der Waals surface area contributed by atoms with Gasteiger partial charge in [0, 0.05) is 21.3 Å². The Morgan fingerprint density at radius 3 is 2.43 bits per heavy atom. The second-order valence-corrected chi connectivity index (χ2v) is 6.72. The van der Waals surface area contributed by atoms with Crippen LogP contribution in [0, 0.1) is 0 Å². The second kappa shape index (κ2) is 7.36. The van der Waals surface area contributed by atoms with Crippen LogP contribution in [-0.4, -0.2) is 13.1 Å². The molecule has 21 heavy (non-hydrogen) atoms. The molecule has 1 aromatic carbocycles. The molecular formula is C14H12Cl3NO2S. The molecule has 0 saturated carbocycles. The molecule has 0 saturated heterocycles. The molecule has 0 aliphatic carbocycles. The van der Waals surface area contributed by atoms with Crippen molar-refractivity contribution < 1.29 is 9.53 Å². The molecule has 2 rings (SSSR count). The van der Waals surface area contributed by atoms with Gasteiger partial charge in [-0.15, -0.1) is 11.3 Å². The molecule has 1 N–H and O–H groups in total. The van der Waals surface area contributed by atoms with Gasteiger partial charge in [-0.05, 0) is 24.3 Å². The summed E-state index contributed by atoms with van der Waals surface area (Å²) in [6.07, 6.45) is 0.281. The summed E-state index contributed by atoms with van der Waals surface area (Å²) in [4.78, 5) is 13.2. The molecule has 0 bridgehead atoms. The number of carbonyl (C=O) groups is 1. The Hall–Kier alpha value is -0.940. The molecule has 0 fully saturated rings. The van der Waals surface area contributed by atoms with Crippen LogP contribution < -0.4 is 5.32 Å². The largest absolute Gasteiger partial charge is 0.469 e. The molecule has 7 heteroatoms. The van der Waals surface area contributed by atoms with E-state index in [1.807, 2.05) is 12.1 Å². The lowest BCUT2D eigenvalue weighted by Crippen LogP contribution is -2.02. The van der Waals surface area contributed by atoms with Crippen LogP contribution in [0.15, 0.2) is 24.3 Å². The SMILES string of the molecule is COC(=O)Cc1ccc(CNc2c(Cl)cc(Cl)cc2Cl)s1. The molecule has 1 heterocycles. The average Bonchev–Trinajstić information content (AvgIpc) is 2.85. The van der Waals surface area contributed by atoms with E-state index in [1.165, 1.54) is 18.4 Å². The van der Waals surface area contributed by atoms with Crippen LogP contribution in [0.1, 0.15) is 9.75 Å². The van der Waals surface area contributed by atoms with Gasteiger partial charge < -0.3 is 10.1 Å². The number of benzene rings is 1. The zero-order chi connectivity index (χ0) is 15.4. The maximum atomic E-state index is 11.2. The number of hydrogen-bond donors (Lipinski definition) is 1. The van der Waals surface area contributed by atoms with Gasteiger partial charge in [-0.2, -0.15) is 0 Å². The fourth-order valence-corrected chi connectivity index (χ4v) is 3.61. The van der Waals surface area contributed by atoms with Gasteiger partial charge in [0.15, 0.2) is 0 Å². The molecule has 0 unspecified atom stereocenters. The average molecular weight is 365 g/mol. The molecule has 1 aromatic heterocycles. The maximum Gasteiger partial charge on any atom is 0.310 e. The van der Waals surface area contributed by atoms with Crippen LogP contribution >= 0.6 is 46.1 Å². The van der Waals surface area contributed by atoms with Gasteiger partial charge in [-0.25, -0.2) is 0 Å². The lowest BCUT2D eigenvalue weighted by atomic mass is 10.3. The van der Waals surface area contributed by atoms with Crippen LogP contribution in [0.25, 0.3) is 0 Å². The number of halogens is 3. The first kappa shape index (κ1) is 16.4. The standard InChI is InChI=1S/C14H12Cl3NO2S/c1-20-13(19)6-9-2-3-10(21-9)7-18-14-11(16)4-8(15)5-12(14)17/h2-5,18H,6-7H2,1H3. The molecule has 3 nitrogen and oxygen atoms in total.